The Labute approximate surface area is 188 Å². The van der Waals surface area contributed by atoms with Crippen LogP contribution in [0.3, 0.4) is 0 Å². The molecule has 0 aromatic heterocycles. The van der Waals surface area contributed by atoms with Gasteiger partial charge in [-0.3, -0.25) is 9.52 Å². The predicted molar refractivity (Wildman–Crippen MR) is 116 cm³/mol. The number of halogens is 3. The maximum atomic E-state index is 12.7. The standard InChI is InChI=1S/C23H19F3N2O4S/c24-23(25,26)32-19-8-10-20(11-9-19)33(30,31)27-18-7-12-21-17(14-18)6-13-22(29)28(21)15-16-4-2-1-3-5-16/h1-5,7-12,14,27H,6,13,15H2. The Balaban J connectivity index is 1.53. The van der Waals surface area contributed by atoms with E-state index in [1.165, 1.54) is 0 Å². The Morgan fingerprint density at radius 3 is 2.30 bits per heavy atom. The number of carbonyl (C=O) groups excluding carboxylic acids is 1. The molecule has 1 aliphatic heterocycles. The van der Waals surface area contributed by atoms with Crippen molar-refractivity contribution in [3.8, 4) is 5.75 Å². The Bertz CT molecular complexity index is 1260. The van der Waals surface area contributed by atoms with E-state index in [0.29, 0.717) is 30.8 Å². The number of sulfonamides is 1. The summed E-state index contributed by atoms with van der Waals surface area (Å²) in [4.78, 5) is 14.0. The van der Waals surface area contributed by atoms with Crippen molar-refractivity contribution < 1.29 is 31.1 Å². The molecule has 0 saturated carbocycles. The van der Waals surface area contributed by atoms with Crippen LogP contribution in [-0.2, 0) is 27.8 Å². The molecule has 0 unspecified atom stereocenters. The number of aryl methyl sites for hydroxylation is 1. The van der Waals surface area contributed by atoms with Crippen LogP contribution < -0.4 is 14.4 Å². The summed E-state index contributed by atoms with van der Waals surface area (Å²) in [5.74, 6) is -0.528. The van der Waals surface area contributed by atoms with Gasteiger partial charge in [-0.25, -0.2) is 8.42 Å². The van der Waals surface area contributed by atoms with Crippen LogP contribution in [0.2, 0.25) is 0 Å². The van der Waals surface area contributed by atoms with E-state index >= 15 is 0 Å². The highest BCUT2D eigenvalue weighted by Crippen LogP contribution is 2.32. The second kappa shape index (κ2) is 8.78. The molecule has 4 rings (SSSR count). The molecule has 1 heterocycles. The van der Waals surface area contributed by atoms with E-state index in [2.05, 4.69) is 9.46 Å². The molecular weight excluding hydrogens is 457 g/mol. The molecule has 0 atom stereocenters. The molecule has 1 aliphatic rings. The Kier molecular flexibility index (Phi) is 6.03. The number of amides is 1. The van der Waals surface area contributed by atoms with Crippen molar-refractivity contribution in [1.29, 1.82) is 0 Å². The minimum Gasteiger partial charge on any atom is -0.406 e. The second-order valence-corrected chi connectivity index (χ2v) is 9.12. The van der Waals surface area contributed by atoms with Gasteiger partial charge in [-0.05, 0) is 60.0 Å². The van der Waals surface area contributed by atoms with Gasteiger partial charge >= 0.3 is 6.36 Å². The number of nitrogens with one attached hydrogen (secondary N) is 1. The van der Waals surface area contributed by atoms with Crippen molar-refractivity contribution in [2.45, 2.75) is 30.6 Å². The van der Waals surface area contributed by atoms with E-state index < -0.39 is 22.1 Å². The van der Waals surface area contributed by atoms with Gasteiger partial charge in [-0.2, -0.15) is 0 Å². The summed E-state index contributed by atoms with van der Waals surface area (Å²) in [5, 5.41) is 0. The van der Waals surface area contributed by atoms with Gasteiger partial charge in [0.1, 0.15) is 5.75 Å². The Hall–Kier alpha value is -3.53. The topological polar surface area (TPSA) is 75.7 Å². The summed E-state index contributed by atoms with van der Waals surface area (Å²) in [6.07, 6.45) is -4.09. The van der Waals surface area contributed by atoms with Crippen molar-refractivity contribution in [3.05, 3.63) is 83.9 Å². The van der Waals surface area contributed by atoms with Crippen LogP contribution in [0.5, 0.6) is 5.75 Å². The van der Waals surface area contributed by atoms with Crippen molar-refractivity contribution in [3.63, 3.8) is 0 Å². The third-order valence-electron chi connectivity index (χ3n) is 5.08. The largest absolute Gasteiger partial charge is 0.573 e. The van der Waals surface area contributed by atoms with Crippen molar-refractivity contribution in [2.75, 3.05) is 9.62 Å². The van der Waals surface area contributed by atoms with Crippen molar-refractivity contribution in [2.24, 2.45) is 0 Å². The molecule has 0 spiro atoms. The number of nitrogens with zero attached hydrogens (tertiary/aromatic N) is 1. The molecule has 10 heteroatoms. The number of anilines is 2. The number of carbonyl (C=O) groups is 1. The van der Waals surface area contributed by atoms with E-state index in [9.17, 15) is 26.4 Å². The zero-order valence-corrected chi connectivity index (χ0v) is 18.0. The number of fused-ring (bicyclic) bond motifs is 1. The molecule has 0 fully saturated rings. The fourth-order valence-corrected chi connectivity index (χ4v) is 4.65. The molecule has 6 nitrogen and oxygen atoms in total. The first-order valence-electron chi connectivity index (χ1n) is 9.97. The maximum Gasteiger partial charge on any atom is 0.573 e. The number of rotatable bonds is 6. The molecule has 172 valence electrons. The smallest absolute Gasteiger partial charge is 0.406 e. The lowest BCUT2D eigenvalue weighted by Crippen LogP contribution is -2.34. The highest BCUT2D eigenvalue weighted by Gasteiger charge is 2.31. The zero-order chi connectivity index (χ0) is 23.6. The average molecular weight is 476 g/mol. The molecule has 3 aromatic carbocycles. The minimum absolute atomic E-state index is 0.0131. The van der Waals surface area contributed by atoms with Crippen molar-refractivity contribution in [1.82, 2.24) is 0 Å². The van der Waals surface area contributed by atoms with E-state index in [4.69, 9.17) is 0 Å². The molecule has 0 saturated heterocycles. The summed E-state index contributed by atoms with van der Waals surface area (Å²) < 4.78 is 68.5. The minimum atomic E-state index is -4.86. The molecule has 1 N–H and O–H groups in total. The number of alkyl halides is 3. The zero-order valence-electron chi connectivity index (χ0n) is 17.2. The van der Waals surface area contributed by atoms with Crippen LogP contribution in [0.1, 0.15) is 17.5 Å². The highest BCUT2D eigenvalue weighted by molar-refractivity contribution is 7.92. The summed E-state index contributed by atoms with van der Waals surface area (Å²) in [5.41, 5.74) is 2.80. The van der Waals surface area contributed by atoms with Crippen LogP contribution in [0, 0.1) is 0 Å². The van der Waals surface area contributed by atoms with Gasteiger partial charge in [0, 0.05) is 17.8 Å². The van der Waals surface area contributed by atoms with Gasteiger partial charge < -0.3 is 9.64 Å². The normalized spacial score (nSPS) is 14.0. The SMILES string of the molecule is O=C1CCc2cc(NS(=O)(=O)c3ccc(OC(F)(F)F)cc3)ccc2N1Cc1ccccc1. The highest BCUT2D eigenvalue weighted by atomic mass is 32.2. The van der Waals surface area contributed by atoms with Crippen LogP contribution in [0.25, 0.3) is 0 Å². The summed E-state index contributed by atoms with van der Waals surface area (Å²) in [7, 11) is -4.04. The molecule has 3 aromatic rings. The lowest BCUT2D eigenvalue weighted by molar-refractivity contribution is -0.274. The van der Waals surface area contributed by atoms with E-state index in [1.807, 2.05) is 30.3 Å². The van der Waals surface area contributed by atoms with Crippen LogP contribution in [-0.4, -0.2) is 20.7 Å². The molecule has 1 amide bonds. The molecule has 0 radical (unpaired) electrons. The molecule has 0 aliphatic carbocycles. The van der Waals surface area contributed by atoms with E-state index in [0.717, 1.165) is 35.4 Å². The first kappa shape index (κ1) is 22.7. The van der Waals surface area contributed by atoms with Gasteiger partial charge in [0.2, 0.25) is 5.91 Å². The van der Waals surface area contributed by atoms with Crippen LogP contribution in [0.15, 0.2) is 77.7 Å². The van der Waals surface area contributed by atoms with E-state index in [-0.39, 0.29) is 10.8 Å². The quantitative estimate of drug-likeness (QED) is 0.551. The van der Waals surface area contributed by atoms with Crippen LogP contribution >= 0.6 is 0 Å². The first-order valence-corrected chi connectivity index (χ1v) is 11.4. The first-order chi connectivity index (χ1) is 15.6. The average Bonchev–Trinajstić information content (AvgIpc) is 2.75. The fourth-order valence-electron chi connectivity index (χ4n) is 3.60. The fraction of sp³-hybridized carbons (Fsp3) is 0.174. The Morgan fingerprint density at radius 2 is 1.64 bits per heavy atom. The Morgan fingerprint density at radius 1 is 0.939 bits per heavy atom. The van der Waals surface area contributed by atoms with Crippen molar-refractivity contribution >= 4 is 27.3 Å². The third-order valence-corrected chi connectivity index (χ3v) is 6.48. The maximum absolute atomic E-state index is 12.7. The number of hydrogen-bond acceptors (Lipinski definition) is 4. The molecular formula is C23H19F3N2O4S. The van der Waals surface area contributed by atoms with Gasteiger partial charge in [-0.15, -0.1) is 13.2 Å². The second-order valence-electron chi connectivity index (χ2n) is 7.43. The number of hydrogen-bond donors (Lipinski definition) is 1. The third kappa shape index (κ3) is 5.46. The lowest BCUT2D eigenvalue weighted by atomic mass is 10.00. The predicted octanol–water partition coefficient (Wildman–Crippen LogP) is 4.87. The van der Waals surface area contributed by atoms with Gasteiger partial charge in [0.15, 0.2) is 0 Å². The lowest BCUT2D eigenvalue weighted by Gasteiger charge is -2.30. The monoisotopic (exact) mass is 476 g/mol. The van der Waals surface area contributed by atoms with Gasteiger partial charge in [0.05, 0.1) is 11.4 Å². The van der Waals surface area contributed by atoms with Gasteiger partial charge in [0.25, 0.3) is 10.0 Å². The summed E-state index contributed by atoms with van der Waals surface area (Å²) in [6.45, 7) is 0.407. The van der Waals surface area contributed by atoms with Crippen LogP contribution in [0.4, 0.5) is 24.5 Å². The van der Waals surface area contributed by atoms with Gasteiger partial charge in [-0.1, -0.05) is 30.3 Å². The summed E-state index contributed by atoms with van der Waals surface area (Å²) >= 11 is 0. The van der Waals surface area contributed by atoms with E-state index in [1.54, 1.807) is 23.1 Å². The number of benzene rings is 3. The summed E-state index contributed by atoms with van der Waals surface area (Å²) in [6, 6.07) is 18.4. The molecule has 33 heavy (non-hydrogen) atoms. The molecule has 0 bridgehead atoms. The number of ether oxygens (including phenoxy) is 1.